The first-order valence-corrected chi connectivity index (χ1v) is 7.00. The molecule has 1 aromatic heterocycles. The van der Waals surface area contributed by atoms with Gasteiger partial charge in [-0.05, 0) is 31.2 Å². The monoisotopic (exact) mass is 263 g/mol. The summed E-state index contributed by atoms with van der Waals surface area (Å²) in [6.07, 6.45) is 6.09. The predicted octanol–water partition coefficient (Wildman–Crippen LogP) is 3.39. The molecule has 0 bridgehead atoms. The summed E-state index contributed by atoms with van der Waals surface area (Å²) in [4.78, 5) is 16.9. The maximum absolute atomic E-state index is 10.7. The molecule has 1 aromatic rings. The number of aromatic nitrogens is 1. The van der Waals surface area contributed by atoms with Crippen molar-refractivity contribution in [2.24, 2.45) is 5.92 Å². The molecule has 2 heterocycles. The van der Waals surface area contributed by atoms with Gasteiger partial charge in [0.25, 0.3) is 5.69 Å². The molecule has 0 N–H and O–H groups in total. The van der Waals surface area contributed by atoms with Crippen molar-refractivity contribution in [2.75, 3.05) is 11.4 Å². The third-order valence-corrected chi connectivity index (χ3v) is 3.94. The van der Waals surface area contributed by atoms with Gasteiger partial charge in [0.2, 0.25) is 0 Å². The third kappa shape index (κ3) is 3.03. The van der Waals surface area contributed by atoms with E-state index in [4.69, 9.17) is 0 Å². The number of hydrogen-bond donors (Lipinski definition) is 0. The first kappa shape index (κ1) is 13.8. The van der Waals surface area contributed by atoms with Gasteiger partial charge in [-0.2, -0.15) is 0 Å². The van der Waals surface area contributed by atoms with E-state index in [1.165, 1.54) is 19.0 Å². The molecule has 2 atom stereocenters. The van der Waals surface area contributed by atoms with Gasteiger partial charge >= 0.3 is 0 Å². The van der Waals surface area contributed by atoms with Crippen LogP contribution in [0.25, 0.3) is 0 Å². The van der Waals surface area contributed by atoms with E-state index in [2.05, 4.69) is 23.7 Å². The number of pyridine rings is 1. The Morgan fingerprint density at radius 2 is 2.32 bits per heavy atom. The lowest BCUT2D eigenvalue weighted by molar-refractivity contribution is -0.385. The van der Waals surface area contributed by atoms with E-state index in [0.717, 1.165) is 25.2 Å². The molecule has 0 amide bonds. The fourth-order valence-electron chi connectivity index (χ4n) is 2.93. The van der Waals surface area contributed by atoms with Crippen LogP contribution in [0.15, 0.2) is 18.3 Å². The van der Waals surface area contributed by atoms with Gasteiger partial charge in [0, 0.05) is 18.7 Å². The highest BCUT2D eigenvalue weighted by Gasteiger charge is 2.28. The van der Waals surface area contributed by atoms with Crippen LogP contribution < -0.4 is 4.90 Å². The van der Waals surface area contributed by atoms with Gasteiger partial charge in [0.15, 0.2) is 0 Å². The van der Waals surface area contributed by atoms with Gasteiger partial charge in [-0.25, -0.2) is 4.98 Å². The van der Waals surface area contributed by atoms with E-state index in [9.17, 15) is 10.1 Å². The number of nitrogens with zero attached hydrogens (tertiary/aromatic N) is 3. The van der Waals surface area contributed by atoms with Crippen molar-refractivity contribution < 1.29 is 4.92 Å². The molecular weight excluding hydrogens is 242 g/mol. The fraction of sp³-hybridized carbons (Fsp3) is 0.643. The Balaban J connectivity index is 2.20. The van der Waals surface area contributed by atoms with Gasteiger partial charge in [-0.1, -0.05) is 20.3 Å². The summed E-state index contributed by atoms with van der Waals surface area (Å²) in [6.45, 7) is 5.49. The SMILES string of the molecule is CCCC1C(C)CCCN1c1ccc([N+](=O)[O-])cn1. The molecule has 2 unspecified atom stereocenters. The molecule has 5 heteroatoms. The highest BCUT2D eigenvalue weighted by Crippen LogP contribution is 2.30. The quantitative estimate of drug-likeness (QED) is 0.617. The van der Waals surface area contributed by atoms with E-state index in [1.54, 1.807) is 12.1 Å². The van der Waals surface area contributed by atoms with E-state index in [0.29, 0.717) is 12.0 Å². The average molecular weight is 263 g/mol. The molecule has 1 fully saturated rings. The molecule has 0 aliphatic carbocycles. The zero-order chi connectivity index (χ0) is 13.8. The number of piperidine rings is 1. The van der Waals surface area contributed by atoms with Crippen LogP contribution in [-0.4, -0.2) is 22.5 Å². The molecule has 1 saturated heterocycles. The van der Waals surface area contributed by atoms with Gasteiger partial charge < -0.3 is 4.90 Å². The Labute approximate surface area is 113 Å². The lowest BCUT2D eigenvalue weighted by Gasteiger charge is -2.41. The second kappa shape index (κ2) is 5.99. The van der Waals surface area contributed by atoms with Crippen LogP contribution in [0, 0.1) is 16.0 Å². The summed E-state index contributed by atoms with van der Waals surface area (Å²) in [5.74, 6) is 1.53. The number of rotatable bonds is 4. The van der Waals surface area contributed by atoms with Crippen molar-refractivity contribution >= 4 is 11.5 Å². The zero-order valence-corrected chi connectivity index (χ0v) is 11.6. The standard InChI is InChI=1S/C14H21N3O2/c1-3-5-13-11(2)6-4-9-16(13)14-8-7-12(10-15-14)17(18)19/h7-8,10-11,13H,3-6,9H2,1-2H3. The molecule has 1 aliphatic rings. The second-order valence-electron chi connectivity index (χ2n) is 5.30. The maximum atomic E-state index is 10.7. The lowest BCUT2D eigenvalue weighted by atomic mass is 9.88. The Hall–Kier alpha value is -1.65. The summed E-state index contributed by atoms with van der Waals surface area (Å²) in [5.41, 5.74) is 0.0563. The third-order valence-electron chi connectivity index (χ3n) is 3.94. The Bertz CT molecular complexity index is 433. The first-order valence-electron chi connectivity index (χ1n) is 7.00. The summed E-state index contributed by atoms with van der Waals surface area (Å²) in [5, 5.41) is 10.7. The van der Waals surface area contributed by atoms with Gasteiger partial charge in [-0.15, -0.1) is 0 Å². The average Bonchev–Trinajstić information content (AvgIpc) is 2.41. The number of anilines is 1. The maximum Gasteiger partial charge on any atom is 0.287 e. The minimum atomic E-state index is -0.404. The van der Waals surface area contributed by atoms with Gasteiger partial charge in [0.05, 0.1) is 4.92 Å². The minimum absolute atomic E-state index is 0.0563. The van der Waals surface area contributed by atoms with Crippen molar-refractivity contribution in [1.82, 2.24) is 4.98 Å². The Kier molecular flexibility index (Phi) is 4.35. The van der Waals surface area contributed by atoms with Crippen molar-refractivity contribution in [3.05, 3.63) is 28.4 Å². The number of hydrogen-bond acceptors (Lipinski definition) is 4. The van der Waals surface area contributed by atoms with Crippen LogP contribution >= 0.6 is 0 Å². The zero-order valence-electron chi connectivity index (χ0n) is 11.6. The summed E-state index contributed by atoms with van der Waals surface area (Å²) >= 11 is 0. The van der Waals surface area contributed by atoms with Crippen LogP contribution in [0.1, 0.15) is 39.5 Å². The van der Waals surface area contributed by atoms with Crippen LogP contribution in [0.5, 0.6) is 0 Å². The Morgan fingerprint density at radius 1 is 1.53 bits per heavy atom. The number of nitro groups is 1. The van der Waals surface area contributed by atoms with Crippen molar-refractivity contribution in [3.8, 4) is 0 Å². The van der Waals surface area contributed by atoms with Crippen molar-refractivity contribution in [3.63, 3.8) is 0 Å². The largest absolute Gasteiger partial charge is 0.353 e. The summed E-state index contributed by atoms with van der Waals surface area (Å²) in [6, 6.07) is 3.83. The molecule has 0 aromatic carbocycles. The molecule has 19 heavy (non-hydrogen) atoms. The Morgan fingerprint density at radius 3 is 2.89 bits per heavy atom. The highest BCUT2D eigenvalue weighted by atomic mass is 16.6. The van der Waals surface area contributed by atoms with E-state index < -0.39 is 4.92 Å². The van der Waals surface area contributed by atoms with Gasteiger partial charge in [-0.3, -0.25) is 10.1 Å². The second-order valence-corrected chi connectivity index (χ2v) is 5.30. The van der Waals surface area contributed by atoms with Crippen LogP contribution in [-0.2, 0) is 0 Å². The fourth-order valence-corrected chi connectivity index (χ4v) is 2.93. The molecular formula is C14H21N3O2. The van der Waals surface area contributed by atoms with E-state index in [1.807, 2.05) is 0 Å². The molecule has 2 rings (SSSR count). The molecule has 0 saturated carbocycles. The van der Waals surface area contributed by atoms with Crippen molar-refractivity contribution in [2.45, 2.75) is 45.6 Å². The summed E-state index contributed by atoms with van der Waals surface area (Å²) < 4.78 is 0. The van der Waals surface area contributed by atoms with Crippen LogP contribution in [0.3, 0.4) is 0 Å². The first-order chi connectivity index (χ1) is 9.13. The van der Waals surface area contributed by atoms with Crippen LogP contribution in [0.2, 0.25) is 0 Å². The highest BCUT2D eigenvalue weighted by molar-refractivity contribution is 5.44. The normalized spacial score (nSPS) is 23.4. The molecule has 1 aliphatic heterocycles. The topological polar surface area (TPSA) is 59.3 Å². The van der Waals surface area contributed by atoms with Crippen molar-refractivity contribution in [1.29, 1.82) is 0 Å². The molecule has 0 radical (unpaired) electrons. The van der Waals surface area contributed by atoms with Crippen LogP contribution in [0.4, 0.5) is 11.5 Å². The van der Waals surface area contributed by atoms with E-state index >= 15 is 0 Å². The lowest BCUT2D eigenvalue weighted by Crippen LogP contribution is -2.44. The smallest absolute Gasteiger partial charge is 0.287 e. The molecule has 5 nitrogen and oxygen atoms in total. The predicted molar refractivity (Wildman–Crippen MR) is 75.3 cm³/mol. The van der Waals surface area contributed by atoms with Gasteiger partial charge in [0.1, 0.15) is 12.0 Å². The van der Waals surface area contributed by atoms with E-state index in [-0.39, 0.29) is 5.69 Å². The molecule has 104 valence electrons. The molecule has 0 spiro atoms. The summed E-state index contributed by atoms with van der Waals surface area (Å²) in [7, 11) is 0. The minimum Gasteiger partial charge on any atom is -0.353 e.